The van der Waals surface area contributed by atoms with Crippen molar-refractivity contribution in [3.63, 3.8) is 0 Å². The fourth-order valence-corrected chi connectivity index (χ4v) is 3.62. The Kier molecular flexibility index (Phi) is 15.7. The van der Waals surface area contributed by atoms with Gasteiger partial charge in [-0.2, -0.15) is 0 Å². The van der Waals surface area contributed by atoms with E-state index in [0.29, 0.717) is 0 Å². The topological polar surface area (TPSA) is 35.5 Å². The first-order valence-corrected chi connectivity index (χ1v) is 11.8. The number of hydrogen-bond acceptors (Lipinski definition) is 3. The van der Waals surface area contributed by atoms with Gasteiger partial charge in [-0.3, -0.25) is 4.79 Å². The number of carbonyl (C=O) groups is 1. The van der Waals surface area contributed by atoms with Gasteiger partial charge in [0.1, 0.15) is 6.10 Å². The monoisotopic (exact) mass is 380 g/mol. The lowest BCUT2D eigenvalue weighted by Crippen LogP contribution is -2.33. The summed E-state index contributed by atoms with van der Waals surface area (Å²) in [5, 5.41) is 0. The van der Waals surface area contributed by atoms with Gasteiger partial charge in [-0.05, 0) is 25.0 Å². The largest absolute Gasteiger partial charge is 0.349 e. The van der Waals surface area contributed by atoms with E-state index in [1.807, 2.05) is 0 Å². The highest BCUT2D eigenvalue weighted by Gasteiger charge is 2.24. The lowest BCUT2D eigenvalue weighted by molar-refractivity contribution is -0.164. The molecule has 0 spiro atoms. The second-order valence-electron chi connectivity index (χ2n) is 8.01. The molecule has 1 aliphatic rings. The van der Waals surface area contributed by atoms with E-state index in [2.05, 4.69) is 13.8 Å². The van der Waals surface area contributed by atoms with Crippen molar-refractivity contribution in [2.24, 2.45) is 0 Å². The highest BCUT2D eigenvalue weighted by atomic mass is 16.7. The summed E-state index contributed by atoms with van der Waals surface area (Å²) in [7, 11) is 0. The first-order chi connectivity index (χ1) is 13.3. The molecule has 0 saturated heterocycles. The van der Waals surface area contributed by atoms with Crippen molar-refractivity contribution >= 4 is 5.78 Å². The zero-order valence-corrected chi connectivity index (χ0v) is 18.1. The van der Waals surface area contributed by atoms with Crippen molar-refractivity contribution in [1.29, 1.82) is 0 Å². The first-order valence-electron chi connectivity index (χ1n) is 11.8. The minimum atomic E-state index is -0.332. The first kappa shape index (κ1) is 24.4. The molecule has 1 rings (SSSR count). The quantitative estimate of drug-likeness (QED) is 0.237. The van der Waals surface area contributed by atoms with E-state index >= 15 is 0 Å². The van der Waals surface area contributed by atoms with Gasteiger partial charge in [-0.25, -0.2) is 0 Å². The van der Waals surface area contributed by atoms with E-state index in [1.54, 1.807) is 12.2 Å². The van der Waals surface area contributed by atoms with Crippen LogP contribution >= 0.6 is 0 Å². The van der Waals surface area contributed by atoms with E-state index in [-0.39, 0.29) is 18.2 Å². The Morgan fingerprint density at radius 2 is 1.30 bits per heavy atom. The van der Waals surface area contributed by atoms with Gasteiger partial charge >= 0.3 is 0 Å². The molecular formula is C24H44O3. The molecule has 0 aromatic heterocycles. The van der Waals surface area contributed by atoms with Crippen molar-refractivity contribution in [3.05, 3.63) is 12.2 Å². The summed E-state index contributed by atoms with van der Waals surface area (Å²) in [4.78, 5) is 11.7. The molecular weight excluding hydrogens is 336 g/mol. The highest BCUT2D eigenvalue weighted by molar-refractivity contribution is 5.94. The Morgan fingerprint density at radius 1 is 0.778 bits per heavy atom. The Bertz CT molecular complexity index is 378. The van der Waals surface area contributed by atoms with Gasteiger partial charge in [0.15, 0.2) is 12.1 Å². The standard InChI is InChI=1S/C24H44O3/c1-3-5-6-7-8-9-10-11-12-13-14-15-16-17-21-26-24-20-19-22(25)23(27-24)18-4-2/h19-20,23-24H,3-18,21H2,1-2H3. The van der Waals surface area contributed by atoms with Gasteiger partial charge in [-0.1, -0.05) is 104 Å². The number of hydrogen-bond donors (Lipinski definition) is 0. The predicted octanol–water partition coefficient (Wildman–Crippen LogP) is 7.13. The Balaban J connectivity index is 1.83. The minimum absolute atomic E-state index is 0.0770. The van der Waals surface area contributed by atoms with Crippen LogP contribution in [0.4, 0.5) is 0 Å². The summed E-state index contributed by atoms with van der Waals surface area (Å²) in [6.07, 6.45) is 23.6. The van der Waals surface area contributed by atoms with E-state index in [9.17, 15) is 4.79 Å². The van der Waals surface area contributed by atoms with Crippen molar-refractivity contribution in [3.8, 4) is 0 Å². The molecule has 2 atom stereocenters. The van der Waals surface area contributed by atoms with Crippen molar-refractivity contribution in [2.75, 3.05) is 6.61 Å². The zero-order chi connectivity index (χ0) is 19.6. The lowest BCUT2D eigenvalue weighted by atomic mass is 10.0. The number of unbranched alkanes of at least 4 members (excludes halogenated alkanes) is 13. The molecule has 0 amide bonds. The average Bonchev–Trinajstić information content (AvgIpc) is 2.67. The Morgan fingerprint density at radius 3 is 1.81 bits per heavy atom. The second-order valence-corrected chi connectivity index (χ2v) is 8.01. The van der Waals surface area contributed by atoms with Crippen LogP contribution in [-0.4, -0.2) is 24.8 Å². The molecule has 3 nitrogen and oxygen atoms in total. The van der Waals surface area contributed by atoms with Crippen LogP contribution in [-0.2, 0) is 14.3 Å². The molecule has 27 heavy (non-hydrogen) atoms. The van der Waals surface area contributed by atoms with Crippen LogP contribution in [0.25, 0.3) is 0 Å². The third kappa shape index (κ3) is 13.2. The summed E-state index contributed by atoms with van der Waals surface area (Å²) in [5.74, 6) is 0.0770. The van der Waals surface area contributed by atoms with E-state index in [4.69, 9.17) is 9.47 Å². The summed E-state index contributed by atoms with van der Waals surface area (Å²) in [5.41, 5.74) is 0. The maximum atomic E-state index is 11.7. The van der Waals surface area contributed by atoms with E-state index < -0.39 is 0 Å². The average molecular weight is 381 g/mol. The summed E-state index contributed by atoms with van der Waals surface area (Å²) in [6.45, 7) is 5.07. The van der Waals surface area contributed by atoms with Crippen LogP contribution in [0.3, 0.4) is 0 Å². The maximum absolute atomic E-state index is 11.7. The summed E-state index contributed by atoms with van der Waals surface area (Å²) < 4.78 is 11.5. The third-order valence-corrected chi connectivity index (χ3v) is 5.36. The molecule has 0 N–H and O–H groups in total. The molecule has 0 bridgehead atoms. The molecule has 0 aromatic rings. The van der Waals surface area contributed by atoms with Gasteiger partial charge in [0.2, 0.25) is 0 Å². The van der Waals surface area contributed by atoms with Crippen LogP contribution in [0.5, 0.6) is 0 Å². The number of ketones is 1. The van der Waals surface area contributed by atoms with E-state index in [1.165, 1.54) is 83.5 Å². The van der Waals surface area contributed by atoms with Crippen LogP contribution in [0.1, 0.15) is 117 Å². The fourth-order valence-electron chi connectivity index (χ4n) is 3.62. The highest BCUT2D eigenvalue weighted by Crippen LogP contribution is 2.16. The fraction of sp³-hybridized carbons (Fsp3) is 0.875. The lowest BCUT2D eigenvalue weighted by Gasteiger charge is -2.24. The summed E-state index contributed by atoms with van der Waals surface area (Å²) in [6, 6.07) is 0. The zero-order valence-electron chi connectivity index (χ0n) is 18.1. The number of carbonyl (C=O) groups excluding carboxylic acids is 1. The summed E-state index contributed by atoms with van der Waals surface area (Å²) >= 11 is 0. The van der Waals surface area contributed by atoms with Gasteiger partial charge in [0.05, 0.1) is 6.61 Å². The molecule has 2 unspecified atom stereocenters. The molecule has 1 heterocycles. The third-order valence-electron chi connectivity index (χ3n) is 5.36. The number of rotatable bonds is 18. The van der Waals surface area contributed by atoms with Gasteiger partial charge in [0, 0.05) is 0 Å². The van der Waals surface area contributed by atoms with Crippen LogP contribution in [0.2, 0.25) is 0 Å². The smallest absolute Gasteiger partial charge is 0.184 e. The van der Waals surface area contributed by atoms with Crippen LogP contribution < -0.4 is 0 Å². The number of ether oxygens (including phenoxy) is 2. The molecule has 0 aromatic carbocycles. The van der Waals surface area contributed by atoms with Crippen LogP contribution in [0.15, 0.2) is 12.2 Å². The van der Waals surface area contributed by atoms with Gasteiger partial charge in [0.25, 0.3) is 0 Å². The van der Waals surface area contributed by atoms with Crippen molar-refractivity contribution in [2.45, 2.75) is 129 Å². The van der Waals surface area contributed by atoms with E-state index in [0.717, 1.165) is 25.9 Å². The molecule has 0 radical (unpaired) electrons. The molecule has 0 aliphatic carbocycles. The molecule has 0 saturated carbocycles. The molecule has 158 valence electrons. The molecule has 1 aliphatic heterocycles. The predicted molar refractivity (Wildman–Crippen MR) is 114 cm³/mol. The van der Waals surface area contributed by atoms with Crippen molar-refractivity contribution < 1.29 is 14.3 Å². The minimum Gasteiger partial charge on any atom is -0.349 e. The Labute approximate surface area is 168 Å². The normalized spacial score (nSPS) is 19.7. The Hall–Kier alpha value is -0.670. The second kappa shape index (κ2) is 17.4. The van der Waals surface area contributed by atoms with Crippen LogP contribution in [0, 0.1) is 0 Å². The molecule has 0 fully saturated rings. The molecule has 3 heteroatoms. The van der Waals surface area contributed by atoms with Gasteiger partial charge in [-0.15, -0.1) is 0 Å². The van der Waals surface area contributed by atoms with Crippen molar-refractivity contribution in [1.82, 2.24) is 0 Å². The van der Waals surface area contributed by atoms with Gasteiger partial charge < -0.3 is 9.47 Å². The maximum Gasteiger partial charge on any atom is 0.184 e. The SMILES string of the molecule is CCCCCCCCCCCCCCCCOC1C=CC(=O)C(CCC)O1.